The summed E-state index contributed by atoms with van der Waals surface area (Å²) in [7, 11) is 2.03. The highest BCUT2D eigenvalue weighted by molar-refractivity contribution is 6.30. The molecule has 1 fully saturated rings. The van der Waals surface area contributed by atoms with Gasteiger partial charge in [-0.1, -0.05) is 11.6 Å². The zero-order chi connectivity index (χ0) is 26.3. The van der Waals surface area contributed by atoms with Crippen LogP contribution in [0.2, 0.25) is 5.02 Å². The first-order chi connectivity index (χ1) is 16.8. The number of benzene rings is 1. The molecule has 2 aromatic rings. The second kappa shape index (κ2) is 9.93. The van der Waals surface area contributed by atoms with Gasteiger partial charge in [-0.15, -0.1) is 0 Å². The molecule has 0 N–H and O–H groups in total. The van der Waals surface area contributed by atoms with Crippen LogP contribution in [-0.4, -0.2) is 75.2 Å². The van der Waals surface area contributed by atoms with E-state index in [1.165, 1.54) is 11.0 Å². The number of carbonyl (C=O) groups excluding carboxylic acids is 2. The molecule has 1 aromatic heterocycles. The molecular weight excluding hydrogens is 499 g/mol. The van der Waals surface area contributed by atoms with Gasteiger partial charge in [-0.3, -0.25) is 9.48 Å². The Kier molecular flexibility index (Phi) is 7.25. The maximum Gasteiger partial charge on any atom is 0.416 e. The highest BCUT2D eigenvalue weighted by atomic mass is 35.5. The van der Waals surface area contributed by atoms with E-state index in [4.69, 9.17) is 16.3 Å². The molecule has 1 saturated heterocycles. The van der Waals surface area contributed by atoms with Gasteiger partial charge in [-0.2, -0.15) is 18.3 Å². The number of likely N-dealkylation sites (N-methyl/N-ethyl adjacent to an activating group) is 1. The molecule has 2 aliphatic heterocycles. The third-order valence-corrected chi connectivity index (χ3v) is 6.69. The van der Waals surface area contributed by atoms with Crippen molar-refractivity contribution in [1.29, 1.82) is 0 Å². The maximum absolute atomic E-state index is 13.3. The molecule has 0 unspecified atom stereocenters. The van der Waals surface area contributed by atoms with Gasteiger partial charge in [0, 0.05) is 37.7 Å². The molecular formula is C24H29ClF3N5O3. The Labute approximate surface area is 212 Å². The van der Waals surface area contributed by atoms with Crippen molar-refractivity contribution < 1.29 is 27.5 Å². The first-order valence-electron chi connectivity index (χ1n) is 11.7. The average molecular weight is 528 g/mol. The lowest BCUT2D eigenvalue weighted by Gasteiger charge is -2.45. The molecule has 0 bridgehead atoms. The van der Waals surface area contributed by atoms with Crippen LogP contribution in [-0.2, 0) is 30.6 Å². The van der Waals surface area contributed by atoms with Gasteiger partial charge >= 0.3 is 12.3 Å². The first-order valence-corrected chi connectivity index (χ1v) is 12.1. The van der Waals surface area contributed by atoms with E-state index in [0.717, 1.165) is 25.2 Å². The fourth-order valence-corrected chi connectivity index (χ4v) is 5.03. The van der Waals surface area contributed by atoms with Gasteiger partial charge in [-0.05, 0) is 57.1 Å². The summed E-state index contributed by atoms with van der Waals surface area (Å²) in [6.07, 6.45) is -4.63. The molecule has 0 radical (unpaired) electrons. The Bertz CT molecular complexity index is 1150. The van der Waals surface area contributed by atoms with Crippen LogP contribution in [0.3, 0.4) is 0 Å². The van der Waals surface area contributed by atoms with E-state index in [0.29, 0.717) is 37.4 Å². The molecule has 3 heterocycles. The zero-order valence-electron chi connectivity index (χ0n) is 20.4. The predicted octanol–water partition coefficient (Wildman–Crippen LogP) is 4.26. The molecule has 0 saturated carbocycles. The minimum absolute atomic E-state index is 0.0877. The topological polar surface area (TPSA) is 70.9 Å². The standard InChI is InChI=1S/C24H29ClF3N5O3/c1-23(2)15-30(3)7-8-32(23)21(34)20-12-19-13-31(5-4-6-33(19)29-20)22(35)36-14-16-9-17(24(26,27)28)11-18(25)10-16/h9-12H,4-8,13-15H2,1-3H3. The first kappa shape index (κ1) is 26.3. The molecule has 2 amide bonds. The van der Waals surface area contributed by atoms with Crippen LogP contribution in [0, 0.1) is 0 Å². The van der Waals surface area contributed by atoms with E-state index < -0.39 is 17.8 Å². The summed E-state index contributed by atoms with van der Waals surface area (Å²) in [5.41, 5.74) is -0.0720. The van der Waals surface area contributed by atoms with Crippen LogP contribution < -0.4 is 0 Å². The van der Waals surface area contributed by atoms with Crippen molar-refractivity contribution in [1.82, 2.24) is 24.5 Å². The van der Waals surface area contributed by atoms with E-state index in [2.05, 4.69) is 10.00 Å². The number of amides is 2. The number of rotatable bonds is 3. The monoisotopic (exact) mass is 527 g/mol. The van der Waals surface area contributed by atoms with Crippen molar-refractivity contribution in [2.75, 3.05) is 33.2 Å². The molecule has 36 heavy (non-hydrogen) atoms. The number of ether oxygens (including phenoxy) is 1. The Hall–Kier alpha value is -2.79. The van der Waals surface area contributed by atoms with E-state index >= 15 is 0 Å². The van der Waals surface area contributed by atoms with Crippen molar-refractivity contribution in [3.63, 3.8) is 0 Å². The fourth-order valence-electron chi connectivity index (χ4n) is 4.77. The van der Waals surface area contributed by atoms with Crippen LogP contribution in [0.15, 0.2) is 24.3 Å². The van der Waals surface area contributed by atoms with Gasteiger partial charge in [-0.25, -0.2) is 4.79 Å². The summed E-state index contributed by atoms with van der Waals surface area (Å²) in [4.78, 5) is 31.5. The number of aromatic nitrogens is 2. The second-order valence-corrected chi connectivity index (χ2v) is 10.4. The molecule has 196 valence electrons. The lowest BCUT2D eigenvalue weighted by Crippen LogP contribution is -2.60. The molecule has 2 aliphatic rings. The average Bonchev–Trinajstić information content (AvgIpc) is 3.07. The fraction of sp³-hybridized carbons (Fsp3) is 0.542. The predicted molar refractivity (Wildman–Crippen MR) is 127 cm³/mol. The Balaban J connectivity index is 1.43. The minimum atomic E-state index is -4.55. The molecule has 12 heteroatoms. The highest BCUT2D eigenvalue weighted by Crippen LogP contribution is 2.32. The summed E-state index contributed by atoms with van der Waals surface area (Å²) in [6, 6.07) is 4.77. The summed E-state index contributed by atoms with van der Waals surface area (Å²) in [5, 5.41) is 4.42. The number of fused-ring (bicyclic) bond motifs is 1. The van der Waals surface area contributed by atoms with Gasteiger partial charge in [0.05, 0.1) is 23.3 Å². The van der Waals surface area contributed by atoms with E-state index in [1.807, 2.05) is 25.8 Å². The van der Waals surface area contributed by atoms with Gasteiger partial charge in [0.25, 0.3) is 5.91 Å². The molecule has 1 aromatic carbocycles. The second-order valence-electron chi connectivity index (χ2n) is 9.93. The lowest BCUT2D eigenvalue weighted by atomic mass is 9.98. The van der Waals surface area contributed by atoms with Gasteiger partial charge in [0.1, 0.15) is 6.61 Å². The van der Waals surface area contributed by atoms with Crippen LogP contribution in [0.4, 0.5) is 18.0 Å². The van der Waals surface area contributed by atoms with Crippen LogP contribution in [0.25, 0.3) is 0 Å². The maximum atomic E-state index is 13.3. The van der Waals surface area contributed by atoms with Crippen LogP contribution >= 0.6 is 11.6 Å². The Morgan fingerprint density at radius 3 is 2.56 bits per heavy atom. The number of nitrogens with zero attached hydrogens (tertiary/aromatic N) is 5. The summed E-state index contributed by atoms with van der Waals surface area (Å²) in [6.45, 7) is 6.93. The van der Waals surface area contributed by atoms with Gasteiger partial charge < -0.3 is 19.4 Å². The highest BCUT2D eigenvalue weighted by Gasteiger charge is 2.37. The summed E-state index contributed by atoms with van der Waals surface area (Å²) in [5.74, 6) is -0.149. The van der Waals surface area contributed by atoms with Gasteiger partial charge in [0.15, 0.2) is 5.69 Å². The number of halogens is 4. The van der Waals surface area contributed by atoms with Crippen molar-refractivity contribution in [3.05, 3.63) is 51.8 Å². The molecule has 4 rings (SSSR count). The zero-order valence-corrected chi connectivity index (χ0v) is 21.2. The smallest absolute Gasteiger partial charge is 0.416 e. The van der Waals surface area contributed by atoms with Crippen molar-refractivity contribution in [2.24, 2.45) is 0 Å². The third kappa shape index (κ3) is 5.78. The summed E-state index contributed by atoms with van der Waals surface area (Å²) < 4.78 is 46.2. The van der Waals surface area contributed by atoms with Gasteiger partial charge in [0.2, 0.25) is 0 Å². The largest absolute Gasteiger partial charge is 0.445 e. The number of alkyl halides is 3. The molecule has 0 spiro atoms. The quantitative estimate of drug-likeness (QED) is 0.596. The van der Waals surface area contributed by atoms with Crippen molar-refractivity contribution in [2.45, 2.75) is 51.7 Å². The lowest BCUT2D eigenvalue weighted by molar-refractivity contribution is -0.137. The number of aryl methyl sites for hydroxylation is 1. The number of carbonyl (C=O) groups is 2. The molecule has 0 atom stereocenters. The third-order valence-electron chi connectivity index (χ3n) is 6.48. The molecule has 0 aliphatic carbocycles. The van der Waals surface area contributed by atoms with Crippen LogP contribution in [0.5, 0.6) is 0 Å². The number of hydrogen-bond acceptors (Lipinski definition) is 5. The number of piperazine rings is 1. The van der Waals surface area contributed by atoms with E-state index in [9.17, 15) is 22.8 Å². The Morgan fingerprint density at radius 1 is 1.11 bits per heavy atom. The SMILES string of the molecule is CN1CCN(C(=O)c2cc3n(n2)CCCN(C(=O)OCc2cc(Cl)cc(C(F)(F)F)c2)C3)C(C)(C)C1. The normalized spacial score (nSPS) is 18.5. The number of hydrogen-bond donors (Lipinski definition) is 0. The summed E-state index contributed by atoms with van der Waals surface area (Å²) >= 11 is 5.81. The molecule has 8 nitrogen and oxygen atoms in total. The Morgan fingerprint density at radius 2 is 1.86 bits per heavy atom. The minimum Gasteiger partial charge on any atom is -0.445 e. The van der Waals surface area contributed by atoms with E-state index in [1.54, 1.807) is 10.7 Å². The van der Waals surface area contributed by atoms with Crippen LogP contribution in [0.1, 0.15) is 47.6 Å². The van der Waals surface area contributed by atoms with E-state index in [-0.39, 0.29) is 35.2 Å². The van der Waals surface area contributed by atoms with Crippen molar-refractivity contribution >= 4 is 23.6 Å². The van der Waals surface area contributed by atoms with Crippen molar-refractivity contribution in [3.8, 4) is 0 Å².